The number of benzene rings is 2. The van der Waals surface area contributed by atoms with E-state index in [2.05, 4.69) is 19.8 Å². The van der Waals surface area contributed by atoms with Crippen LogP contribution in [0, 0.1) is 0 Å². The zero-order valence-electron chi connectivity index (χ0n) is 20.0. The fourth-order valence-electron chi connectivity index (χ4n) is 4.61. The quantitative estimate of drug-likeness (QED) is 0.431. The number of nitrogen functional groups attached to an aromatic ring is 1. The van der Waals surface area contributed by atoms with Crippen LogP contribution in [0.4, 0.5) is 5.69 Å². The van der Waals surface area contributed by atoms with Crippen molar-refractivity contribution in [3.05, 3.63) is 47.5 Å². The summed E-state index contributed by atoms with van der Waals surface area (Å²) in [7, 11) is -3.37. The Morgan fingerprint density at radius 2 is 2.09 bits per heavy atom. The number of fused-ring (bicyclic) bond motifs is 1. The number of ether oxygens (including phenoxy) is 1. The third-order valence-corrected chi connectivity index (χ3v) is 7.87. The minimum absolute atomic E-state index is 0.0205. The lowest BCUT2D eigenvalue weighted by molar-refractivity contribution is 0.193. The van der Waals surface area contributed by atoms with Crippen molar-refractivity contribution in [1.82, 2.24) is 19.8 Å². The van der Waals surface area contributed by atoms with Crippen LogP contribution in [0.3, 0.4) is 0 Å². The van der Waals surface area contributed by atoms with Crippen molar-refractivity contribution in [1.29, 1.82) is 0 Å². The van der Waals surface area contributed by atoms with Crippen LogP contribution in [0.1, 0.15) is 43.9 Å². The summed E-state index contributed by atoms with van der Waals surface area (Å²) in [6, 6.07) is 11.0. The highest BCUT2D eigenvalue weighted by Gasteiger charge is 2.30. The number of aromatic nitrogens is 2. The van der Waals surface area contributed by atoms with Crippen molar-refractivity contribution in [2.24, 2.45) is 0 Å². The number of sulfonamides is 1. The van der Waals surface area contributed by atoms with Crippen LogP contribution in [0.2, 0.25) is 0 Å². The van der Waals surface area contributed by atoms with Crippen LogP contribution in [0.5, 0.6) is 5.75 Å². The Morgan fingerprint density at radius 3 is 2.80 bits per heavy atom. The molecule has 186 valence electrons. The van der Waals surface area contributed by atoms with Crippen molar-refractivity contribution in [2.75, 3.05) is 31.1 Å². The Labute approximate surface area is 205 Å². The molecule has 1 saturated heterocycles. The second-order valence-corrected chi connectivity index (χ2v) is 11.3. The molecule has 35 heavy (non-hydrogen) atoms. The number of nitrogens with zero attached hydrogens (tertiary/aromatic N) is 3. The van der Waals surface area contributed by atoms with Crippen LogP contribution >= 0.6 is 0 Å². The molecule has 0 amide bonds. The molecular formula is C25H31N5O4S. The first-order valence-electron chi connectivity index (χ1n) is 12.0. The number of anilines is 1. The normalized spacial score (nSPS) is 18.0. The SMILES string of the molecule is CC(C)Oc1ccc(-c2nc(-c3cccc4c3CC[C@@H]4NS(=O)(=O)CCN3CCC3)no2)cc1N. The Hall–Kier alpha value is -2.95. The summed E-state index contributed by atoms with van der Waals surface area (Å²) in [6.45, 7) is 6.44. The van der Waals surface area contributed by atoms with Gasteiger partial charge in [-0.05, 0) is 75.5 Å². The van der Waals surface area contributed by atoms with E-state index in [0.29, 0.717) is 41.7 Å². The van der Waals surface area contributed by atoms with Crippen molar-refractivity contribution in [3.63, 3.8) is 0 Å². The summed E-state index contributed by atoms with van der Waals surface area (Å²) in [5.41, 5.74) is 10.2. The molecule has 1 aliphatic carbocycles. The Balaban J connectivity index is 1.34. The lowest BCUT2D eigenvalue weighted by Gasteiger charge is -2.30. The first kappa shape index (κ1) is 23.8. The summed E-state index contributed by atoms with van der Waals surface area (Å²) in [4.78, 5) is 6.76. The molecule has 3 N–H and O–H groups in total. The molecule has 0 radical (unpaired) electrons. The maximum atomic E-state index is 12.7. The van der Waals surface area contributed by atoms with Gasteiger partial charge in [0.2, 0.25) is 15.8 Å². The van der Waals surface area contributed by atoms with Crippen LogP contribution in [0.15, 0.2) is 40.9 Å². The van der Waals surface area contributed by atoms with Crippen LogP contribution in [-0.4, -0.2) is 54.9 Å². The summed E-state index contributed by atoms with van der Waals surface area (Å²) in [5, 5.41) is 4.20. The maximum Gasteiger partial charge on any atom is 0.258 e. The molecule has 0 spiro atoms. The molecule has 0 unspecified atom stereocenters. The summed E-state index contributed by atoms with van der Waals surface area (Å²) < 4.78 is 39.5. The Morgan fingerprint density at radius 1 is 1.26 bits per heavy atom. The third-order valence-electron chi connectivity index (χ3n) is 6.50. The highest BCUT2D eigenvalue weighted by atomic mass is 32.2. The molecule has 5 rings (SSSR count). The van der Waals surface area contributed by atoms with Gasteiger partial charge in [0.25, 0.3) is 5.89 Å². The van der Waals surface area contributed by atoms with E-state index >= 15 is 0 Å². The second-order valence-electron chi connectivity index (χ2n) is 9.44. The van der Waals surface area contributed by atoms with Gasteiger partial charge in [0.1, 0.15) is 5.75 Å². The number of rotatable bonds is 9. The first-order valence-corrected chi connectivity index (χ1v) is 13.7. The van der Waals surface area contributed by atoms with E-state index in [-0.39, 0.29) is 17.9 Å². The lowest BCUT2D eigenvalue weighted by Crippen LogP contribution is -2.42. The van der Waals surface area contributed by atoms with Gasteiger partial charge in [0.05, 0.1) is 17.5 Å². The average molecular weight is 498 g/mol. The van der Waals surface area contributed by atoms with E-state index in [1.165, 1.54) is 0 Å². The van der Waals surface area contributed by atoms with Gasteiger partial charge in [0.15, 0.2) is 0 Å². The van der Waals surface area contributed by atoms with E-state index in [9.17, 15) is 8.42 Å². The highest BCUT2D eigenvalue weighted by molar-refractivity contribution is 7.89. The smallest absolute Gasteiger partial charge is 0.258 e. The average Bonchev–Trinajstić information content (AvgIpc) is 3.41. The number of nitrogens with two attached hydrogens (primary N) is 1. The standard InChI is InChI=1S/C25H31N5O4S/c1-16(2)33-23-10-7-17(15-21(23)26)25-27-24(28-34-25)20-6-3-5-19-18(20)8-9-22(19)29-35(31,32)14-13-30-11-4-12-30/h3,5-7,10,15-16,22,29H,4,8-9,11-14,26H2,1-2H3/t22-/m0/s1. The molecule has 1 fully saturated rings. The molecule has 10 heteroatoms. The molecule has 1 aromatic heterocycles. The maximum absolute atomic E-state index is 12.7. The predicted molar refractivity (Wildman–Crippen MR) is 134 cm³/mol. The number of likely N-dealkylation sites (tertiary alicyclic amines) is 1. The Bertz CT molecular complexity index is 1320. The molecule has 1 aliphatic heterocycles. The monoisotopic (exact) mass is 497 g/mol. The van der Waals surface area contributed by atoms with Gasteiger partial charge < -0.3 is 19.9 Å². The predicted octanol–water partition coefficient (Wildman–Crippen LogP) is 3.39. The number of hydrogen-bond acceptors (Lipinski definition) is 8. The van der Waals surface area contributed by atoms with E-state index in [1.54, 1.807) is 12.1 Å². The van der Waals surface area contributed by atoms with E-state index in [4.69, 9.17) is 15.0 Å². The fraction of sp³-hybridized carbons (Fsp3) is 0.440. The zero-order valence-corrected chi connectivity index (χ0v) is 20.8. The van der Waals surface area contributed by atoms with Crippen molar-refractivity contribution in [3.8, 4) is 28.6 Å². The molecular weight excluding hydrogens is 466 g/mol. The largest absolute Gasteiger partial charge is 0.489 e. The summed E-state index contributed by atoms with van der Waals surface area (Å²) in [6.07, 6.45) is 2.61. The summed E-state index contributed by atoms with van der Waals surface area (Å²) in [5.74, 6) is 1.57. The molecule has 2 heterocycles. The third kappa shape index (κ3) is 5.19. The molecule has 9 nitrogen and oxygen atoms in total. The lowest BCUT2D eigenvalue weighted by atomic mass is 10.0. The van der Waals surface area contributed by atoms with E-state index < -0.39 is 10.0 Å². The minimum atomic E-state index is -3.37. The van der Waals surface area contributed by atoms with Gasteiger partial charge in [-0.25, -0.2) is 13.1 Å². The van der Waals surface area contributed by atoms with E-state index in [0.717, 1.165) is 42.6 Å². The van der Waals surface area contributed by atoms with Gasteiger partial charge in [-0.15, -0.1) is 0 Å². The molecule has 1 atom stereocenters. The highest BCUT2D eigenvalue weighted by Crippen LogP contribution is 2.38. The number of nitrogens with one attached hydrogen (secondary N) is 1. The van der Waals surface area contributed by atoms with Crippen molar-refractivity contribution < 1.29 is 17.7 Å². The van der Waals surface area contributed by atoms with Crippen LogP contribution < -0.4 is 15.2 Å². The van der Waals surface area contributed by atoms with Gasteiger partial charge >= 0.3 is 0 Å². The molecule has 0 saturated carbocycles. The fourth-order valence-corrected chi connectivity index (χ4v) is 5.90. The van der Waals surface area contributed by atoms with Gasteiger partial charge in [-0.2, -0.15) is 4.98 Å². The molecule has 2 aliphatic rings. The number of hydrogen-bond donors (Lipinski definition) is 2. The molecule has 0 bridgehead atoms. The van der Waals surface area contributed by atoms with Crippen LogP contribution in [-0.2, 0) is 16.4 Å². The van der Waals surface area contributed by atoms with Crippen LogP contribution in [0.25, 0.3) is 22.8 Å². The van der Waals surface area contributed by atoms with Gasteiger partial charge in [-0.3, -0.25) is 0 Å². The Kier molecular flexibility index (Phi) is 6.52. The van der Waals surface area contributed by atoms with Gasteiger partial charge in [-0.1, -0.05) is 23.4 Å². The second kappa shape index (κ2) is 9.60. The van der Waals surface area contributed by atoms with Gasteiger partial charge in [0, 0.05) is 23.7 Å². The first-order chi connectivity index (χ1) is 16.8. The van der Waals surface area contributed by atoms with Crippen molar-refractivity contribution >= 4 is 15.7 Å². The van der Waals surface area contributed by atoms with E-state index in [1.807, 2.05) is 38.1 Å². The summed E-state index contributed by atoms with van der Waals surface area (Å²) >= 11 is 0. The molecule has 2 aromatic carbocycles. The molecule has 3 aromatic rings. The minimum Gasteiger partial charge on any atom is -0.489 e. The zero-order chi connectivity index (χ0) is 24.6. The topological polar surface area (TPSA) is 124 Å². The van der Waals surface area contributed by atoms with Crippen molar-refractivity contribution in [2.45, 2.75) is 45.3 Å².